The lowest BCUT2D eigenvalue weighted by atomic mass is 10.0. The van der Waals surface area contributed by atoms with Crippen molar-refractivity contribution < 1.29 is 0 Å². The van der Waals surface area contributed by atoms with Crippen LogP contribution in [0.5, 0.6) is 0 Å². The first-order valence-electron chi connectivity index (χ1n) is 10.2. The van der Waals surface area contributed by atoms with Gasteiger partial charge in [-0.1, -0.05) is 74.5 Å². The zero-order chi connectivity index (χ0) is 21.2. The predicted molar refractivity (Wildman–Crippen MR) is 122 cm³/mol. The smallest absolute Gasteiger partial charge is 0.204 e. The Morgan fingerprint density at radius 1 is 0.742 bits per heavy atom. The van der Waals surface area contributed by atoms with Gasteiger partial charge in [-0.15, -0.1) is 20.4 Å². The third-order valence-corrected chi connectivity index (χ3v) is 5.29. The Balaban J connectivity index is 1.50. The molecule has 152 valence electrons. The Morgan fingerprint density at radius 2 is 1.45 bits per heavy atom. The predicted octanol–water partition coefficient (Wildman–Crippen LogP) is 5.34. The summed E-state index contributed by atoms with van der Waals surface area (Å²) in [6.45, 7) is 4.38. The van der Waals surface area contributed by atoms with Gasteiger partial charge in [-0.25, -0.2) is 0 Å². The highest BCUT2D eigenvalue weighted by atomic mass is 15.5. The highest BCUT2D eigenvalue weighted by Gasteiger charge is 2.12. The number of benzene rings is 3. The van der Waals surface area contributed by atoms with Crippen LogP contribution >= 0.6 is 0 Å². The lowest BCUT2D eigenvalue weighted by Crippen LogP contribution is -1.99. The second-order valence-corrected chi connectivity index (χ2v) is 7.66. The van der Waals surface area contributed by atoms with Crippen LogP contribution in [0.4, 0.5) is 11.5 Å². The molecule has 3 aromatic carbocycles. The number of H-pyrrole nitrogens is 1. The quantitative estimate of drug-likeness (QED) is 0.408. The molecule has 2 N–H and O–H groups in total. The maximum Gasteiger partial charge on any atom is 0.204 e. The molecule has 0 aliphatic rings. The molecule has 0 unspecified atom stereocenters. The van der Waals surface area contributed by atoms with Crippen LogP contribution < -0.4 is 5.32 Å². The van der Waals surface area contributed by atoms with E-state index in [9.17, 15) is 0 Å². The van der Waals surface area contributed by atoms with E-state index in [0.29, 0.717) is 11.7 Å². The van der Waals surface area contributed by atoms with Gasteiger partial charge in [-0.3, -0.25) is 0 Å². The van der Waals surface area contributed by atoms with Crippen LogP contribution in [0.15, 0.2) is 72.8 Å². The van der Waals surface area contributed by atoms with Crippen molar-refractivity contribution in [1.29, 1.82) is 0 Å². The van der Waals surface area contributed by atoms with Crippen molar-refractivity contribution in [2.45, 2.75) is 19.8 Å². The van der Waals surface area contributed by atoms with Gasteiger partial charge in [0, 0.05) is 27.6 Å². The monoisotopic (exact) mass is 407 g/mol. The topological polar surface area (TPSA) is 92.3 Å². The van der Waals surface area contributed by atoms with Gasteiger partial charge >= 0.3 is 0 Å². The highest BCUT2D eigenvalue weighted by molar-refractivity contribution is 6.00. The maximum atomic E-state index is 4.55. The van der Waals surface area contributed by atoms with Crippen molar-refractivity contribution >= 4 is 22.3 Å². The van der Waals surface area contributed by atoms with E-state index >= 15 is 0 Å². The van der Waals surface area contributed by atoms with Crippen molar-refractivity contribution in [3.05, 3.63) is 78.4 Å². The Kier molecular flexibility index (Phi) is 4.84. The number of tetrazole rings is 1. The summed E-state index contributed by atoms with van der Waals surface area (Å²) in [5.41, 5.74) is 4.99. The van der Waals surface area contributed by atoms with E-state index in [1.165, 1.54) is 5.56 Å². The zero-order valence-corrected chi connectivity index (χ0v) is 17.2. The fourth-order valence-corrected chi connectivity index (χ4v) is 3.56. The molecule has 0 aliphatic carbocycles. The van der Waals surface area contributed by atoms with Crippen molar-refractivity contribution in [3.8, 4) is 22.6 Å². The number of nitrogens with one attached hydrogen (secondary N) is 2. The first kappa shape index (κ1) is 18.9. The van der Waals surface area contributed by atoms with Crippen LogP contribution in [0.3, 0.4) is 0 Å². The molecule has 5 rings (SSSR count). The van der Waals surface area contributed by atoms with Gasteiger partial charge in [-0.05, 0) is 28.8 Å². The minimum absolute atomic E-state index is 0.500. The van der Waals surface area contributed by atoms with E-state index in [-0.39, 0.29) is 0 Å². The van der Waals surface area contributed by atoms with Crippen LogP contribution in [-0.4, -0.2) is 30.8 Å². The van der Waals surface area contributed by atoms with Crippen molar-refractivity contribution in [2.24, 2.45) is 0 Å². The van der Waals surface area contributed by atoms with Gasteiger partial charge in [0.05, 0.1) is 0 Å². The number of fused-ring (bicyclic) bond motifs is 1. The van der Waals surface area contributed by atoms with E-state index in [1.807, 2.05) is 36.4 Å². The molecule has 0 fully saturated rings. The van der Waals surface area contributed by atoms with Crippen LogP contribution in [0.2, 0.25) is 0 Å². The average molecular weight is 407 g/mol. The van der Waals surface area contributed by atoms with E-state index in [0.717, 1.165) is 39.1 Å². The summed E-state index contributed by atoms with van der Waals surface area (Å²) in [5.74, 6) is 1.80. The van der Waals surface area contributed by atoms with Gasteiger partial charge < -0.3 is 5.32 Å². The lowest BCUT2D eigenvalue weighted by Gasteiger charge is -2.12. The van der Waals surface area contributed by atoms with E-state index in [1.54, 1.807) is 0 Å². The van der Waals surface area contributed by atoms with Gasteiger partial charge in [-0.2, -0.15) is 5.21 Å². The zero-order valence-electron chi connectivity index (χ0n) is 17.2. The molecule has 7 heteroatoms. The summed E-state index contributed by atoms with van der Waals surface area (Å²) in [6, 6.07) is 24.5. The van der Waals surface area contributed by atoms with Crippen molar-refractivity contribution in [2.75, 3.05) is 5.32 Å². The Labute approximate surface area is 179 Å². The molecule has 7 nitrogen and oxygen atoms in total. The normalized spacial score (nSPS) is 11.2. The van der Waals surface area contributed by atoms with Gasteiger partial charge in [0.2, 0.25) is 5.82 Å². The molecule has 0 radical (unpaired) electrons. The second-order valence-electron chi connectivity index (χ2n) is 7.66. The molecule has 0 saturated heterocycles. The SMILES string of the molecule is CC(C)c1ccc(Nc2nnc(-c3ccc(-c4nn[nH]n4)cc3)c3ccccc23)cc1. The third kappa shape index (κ3) is 3.73. The summed E-state index contributed by atoms with van der Waals surface area (Å²) < 4.78 is 0. The van der Waals surface area contributed by atoms with Crippen LogP contribution in [-0.2, 0) is 0 Å². The fraction of sp³-hybridized carbons (Fsp3) is 0.125. The summed E-state index contributed by atoms with van der Waals surface area (Å²) >= 11 is 0. The number of aromatic amines is 1. The number of aromatic nitrogens is 6. The first-order chi connectivity index (χ1) is 15.2. The molecule has 0 atom stereocenters. The fourth-order valence-electron chi connectivity index (χ4n) is 3.56. The minimum atomic E-state index is 0.500. The average Bonchev–Trinajstić information content (AvgIpc) is 3.35. The van der Waals surface area contributed by atoms with Gasteiger partial charge in [0.15, 0.2) is 5.82 Å². The molecule has 0 amide bonds. The molecule has 0 saturated carbocycles. The number of nitrogens with zero attached hydrogens (tertiary/aromatic N) is 5. The van der Waals surface area contributed by atoms with Crippen LogP contribution in [0, 0.1) is 0 Å². The van der Waals surface area contributed by atoms with Crippen LogP contribution in [0.25, 0.3) is 33.4 Å². The molecule has 0 aliphatic heterocycles. The summed E-state index contributed by atoms with van der Waals surface area (Å²) in [6.07, 6.45) is 0. The van der Waals surface area contributed by atoms with Crippen molar-refractivity contribution in [3.63, 3.8) is 0 Å². The molecule has 5 aromatic rings. The van der Waals surface area contributed by atoms with Gasteiger partial charge in [0.25, 0.3) is 0 Å². The molecular weight excluding hydrogens is 386 g/mol. The van der Waals surface area contributed by atoms with E-state index < -0.39 is 0 Å². The Hall–Kier alpha value is -4.13. The Morgan fingerprint density at radius 3 is 2.13 bits per heavy atom. The molecule has 0 spiro atoms. The molecule has 2 aromatic heterocycles. The lowest BCUT2D eigenvalue weighted by molar-refractivity contribution is 0.867. The Bertz CT molecular complexity index is 1310. The summed E-state index contributed by atoms with van der Waals surface area (Å²) in [7, 11) is 0. The van der Waals surface area contributed by atoms with Gasteiger partial charge in [0.1, 0.15) is 5.69 Å². The first-order valence-corrected chi connectivity index (χ1v) is 10.2. The maximum absolute atomic E-state index is 4.55. The van der Waals surface area contributed by atoms with E-state index in [2.05, 4.69) is 86.4 Å². The number of hydrogen-bond donors (Lipinski definition) is 2. The highest BCUT2D eigenvalue weighted by Crippen LogP contribution is 2.32. The van der Waals surface area contributed by atoms with Crippen molar-refractivity contribution in [1.82, 2.24) is 30.8 Å². The second kappa shape index (κ2) is 7.95. The number of rotatable bonds is 5. The molecule has 31 heavy (non-hydrogen) atoms. The van der Waals surface area contributed by atoms with Crippen LogP contribution in [0.1, 0.15) is 25.3 Å². The number of hydrogen-bond acceptors (Lipinski definition) is 6. The minimum Gasteiger partial charge on any atom is -0.338 e. The summed E-state index contributed by atoms with van der Waals surface area (Å²) in [4.78, 5) is 0. The summed E-state index contributed by atoms with van der Waals surface area (Å²) in [5, 5.41) is 28.7. The van der Waals surface area contributed by atoms with E-state index in [4.69, 9.17) is 0 Å². The molecule has 0 bridgehead atoms. The number of anilines is 2. The third-order valence-electron chi connectivity index (χ3n) is 5.29. The largest absolute Gasteiger partial charge is 0.338 e. The molecule has 2 heterocycles. The molecular formula is C24H21N7. The standard InChI is InChI=1S/C24H21N7/c1-15(2)16-11-13-19(14-12-16)25-24-21-6-4-3-5-20(21)22(26-27-24)17-7-9-18(10-8-17)23-28-30-31-29-23/h3-15H,1-2H3,(H,25,27)(H,28,29,30,31).